The second-order valence-electron chi connectivity index (χ2n) is 5.31. The molecule has 2 N–H and O–H groups in total. The van der Waals surface area contributed by atoms with Gasteiger partial charge >= 0.3 is 6.03 Å². The minimum atomic E-state index is -0.292. The van der Waals surface area contributed by atoms with Crippen molar-refractivity contribution in [2.45, 2.75) is 20.8 Å². The van der Waals surface area contributed by atoms with Crippen molar-refractivity contribution in [1.82, 2.24) is 10.3 Å². The molecule has 0 spiro atoms. The average molecular weight is 329 g/mol. The zero-order valence-electron chi connectivity index (χ0n) is 14.3. The summed E-state index contributed by atoms with van der Waals surface area (Å²) in [6.45, 7) is 7.58. The Morgan fingerprint density at radius 1 is 1.17 bits per heavy atom. The number of nitrogens with zero attached hydrogens (tertiary/aromatic N) is 1. The van der Waals surface area contributed by atoms with Gasteiger partial charge in [0.25, 0.3) is 0 Å². The maximum absolute atomic E-state index is 11.7. The molecule has 1 aromatic heterocycles. The quantitative estimate of drug-likeness (QED) is 0.761. The molecule has 0 aliphatic carbocycles. The molecule has 0 unspecified atom stereocenters. The lowest BCUT2D eigenvalue weighted by Gasteiger charge is -2.09. The second kappa shape index (κ2) is 8.88. The Kier molecular flexibility index (Phi) is 6.57. The van der Waals surface area contributed by atoms with Gasteiger partial charge in [0.15, 0.2) is 0 Å². The number of amides is 2. The number of aryl methyl sites for hydroxylation is 2. The lowest BCUT2D eigenvalue weighted by Crippen LogP contribution is -2.31. The number of carbonyl (C=O) groups excluding carboxylic acids is 1. The standard InChI is InChI=1S/C18H23N3O3/c1-4-23-10-9-19-18(22)21-15-6-8-17(20-12-15)24-16-7-5-13(2)14(3)11-16/h5-8,11-12H,4,9-10H2,1-3H3,(H2,19,21,22). The Labute approximate surface area is 142 Å². The van der Waals surface area contributed by atoms with E-state index in [1.165, 1.54) is 5.56 Å². The average Bonchev–Trinajstić information content (AvgIpc) is 2.57. The van der Waals surface area contributed by atoms with Crippen LogP contribution in [0.4, 0.5) is 10.5 Å². The predicted octanol–water partition coefficient (Wildman–Crippen LogP) is 3.65. The van der Waals surface area contributed by atoms with Gasteiger partial charge in [0.05, 0.1) is 18.5 Å². The summed E-state index contributed by atoms with van der Waals surface area (Å²) in [4.78, 5) is 15.9. The van der Waals surface area contributed by atoms with Gasteiger partial charge in [-0.1, -0.05) is 6.07 Å². The van der Waals surface area contributed by atoms with Gasteiger partial charge in [0.2, 0.25) is 5.88 Å². The monoisotopic (exact) mass is 329 g/mol. The van der Waals surface area contributed by atoms with Gasteiger partial charge in [-0.2, -0.15) is 0 Å². The van der Waals surface area contributed by atoms with E-state index in [0.29, 0.717) is 31.3 Å². The fourth-order valence-electron chi connectivity index (χ4n) is 1.97. The first-order valence-corrected chi connectivity index (χ1v) is 7.92. The van der Waals surface area contributed by atoms with Crippen molar-refractivity contribution in [3.63, 3.8) is 0 Å². The Morgan fingerprint density at radius 2 is 2.00 bits per heavy atom. The summed E-state index contributed by atoms with van der Waals surface area (Å²) >= 11 is 0. The van der Waals surface area contributed by atoms with Crippen molar-refractivity contribution in [3.05, 3.63) is 47.7 Å². The van der Waals surface area contributed by atoms with Crippen molar-refractivity contribution < 1.29 is 14.3 Å². The Hall–Kier alpha value is -2.60. The van der Waals surface area contributed by atoms with E-state index in [2.05, 4.69) is 22.5 Å². The van der Waals surface area contributed by atoms with E-state index in [1.807, 2.05) is 32.0 Å². The van der Waals surface area contributed by atoms with E-state index in [9.17, 15) is 4.79 Å². The summed E-state index contributed by atoms with van der Waals surface area (Å²) in [5.41, 5.74) is 2.97. The number of anilines is 1. The second-order valence-corrected chi connectivity index (χ2v) is 5.31. The number of aromatic nitrogens is 1. The molecule has 6 nitrogen and oxygen atoms in total. The van der Waals surface area contributed by atoms with Gasteiger partial charge in [-0.05, 0) is 50.1 Å². The third kappa shape index (κ3) is 5.55. The normalized spacial score (nSPS) is 10.3. The van der Waals surface area contributed by atoms with Crippen molar-refractivity contribution >= 4 is 11.7 Å². The van der Waals surface area contributed by atoms with E-state index in [4.69, 9.17) is 9.47 Å². The van der Waals surface area contributed by atoms with Crippen molar-refractivity contribution in [2.75, 3.05) is 25.1 Å². The predicted molar refractivity (Wildman–Crippen MR) is 93.7 cm³/mol. The largest absolute Gasteiger partial charge is 0.439 e. The molecule has 0 atom stereocenters. The highest BCUT2D eigenvalue weighted by molar-refractivity contribution is 5.88. The van der Waals surface area contributed by atoms with Crippen LogP contribution in [-0.2, 0) is 4.74 Å². The van der Waals surface area contributed by atoms with Gasteiger partial charge in [0, 0.05) is 19.2 Å². The molecule has 0 radical (unpaired) electrons. The number of pyridine rings is 1. The molecule has 0 bridgehead atoms. The third-order valence-corrected chi connectivity index (χ3v) is 3.43. The zero-order chi connectivity index (χ0) is 17.4. The lowest BCUT2D eigenvalue weighted by molar-refractivity contribution is 0.150. The highest BCUT2D eigenvalue weighted by atomic mass is 16.5. The molecule has 0 fully saturated rings. The van der Waals surface area contributed by atoms with Gasteiger partial charge in [-0.15, -0.1) is 0 Å². The van der Waals surface area contributed by atoms with Gasteiger partial charge in [-0.3, -0.25) is 0 Å². The van der Waals surface area contributed by atoms with Gasteiger partial charge < -0.3 is 20.1 Å². The topological polar surface area (TPSA) is 72.5 Å². The summed E-state index contributed by atoms with van der Waals surface area (Å²) in [5, 5.41) is 5.40. The fourth-order valence-corrected chi connectivity index (χ4v) is 1.97. The van der Waals surface area contributed by atoms with Crippen LogP contribution in [0.5, 0.6) is 11.6 Å². The molecule has 2 aromatic rings. The van der Waals surface area contributed by atoms with Crippen LogP contribution in [0.1, 0.15) is 18.1 Å². The highest BCUT2D eigenvalue weighted by Crippen LogP contribution is 2.22. The number of hydrogen-bond acceptors (Lipinski definition) is 4. The van der Waals surface area contributed by atoms with E-state index in [-0.39, 0.29) is 6.03 Å². The molecule has 24 heavy (non-hydrogen) atoms. The molecule has 2 rings (SSSR count). The Bertz CT molecular complexity index is 672. The van der Waals surface area contributed by atoms with E-state index in [0.717, 1.165) is 11.3 Å². The Morgan fingerprint density at radius 3 is 2.67 bits per heavy atom. The minimum absolute atomic E-state index is 0.292. The lowest BCUT2D eigenvalue weighted by atomic mass is 10.1. The molecular weight excluding hydrogens is 306 g/mol. The van der Waals surface area contributed by atoms with Crippen molar-refractivity contribution in [2.24, 2.45) is 0 Å². The maximum Gasteiger partial charge on any atom is 0.319 e. The van der Waals surface area contributed by atoms with Crippen LogP contribution in [0.15, 0.2) is 36.5 Å². The summed E-state index contributed by atoms with van der Waals surface area (Å²) in [6, 6.07) is 9.04. The van der Waals surface area contributed by atoms with Crippen molar-refractivity contribution in [1.29, 1.82) is 0 Å². The van der Waals surface area contributed by atoms with Gasteiger partial charge in [-0.25, -0.2) is 9.78 Å². The van der Waals surface area contributed by atoms with Crippen LogP contribution in [0, 0.1) is 13.8 Å². The molecule has 128 valence electrons. The van der Waals surface area contributed by atoms with Crippen LogP contribution in [0.2, 0.25) is 0 Å². The fraction of sp³-hybridized carbons (Fsp3) is 0.333. The number of carbonyl (C=O) groups is 1. The van der Waals surface area contributed by atoms with E-state index < -0.39 is 0 Å². The summed E-state index contributed by atoms with van der Waals surface area (Å²) in [5.74, 6) is 1.21. The molecule has 0 saturated carbocycles. The zero-order valence-corrected chi connectivity index (χ0v) is 14.3. The summed E-state index contributed by atoms with van der Waals surface area (Å²) in [7, 11) is 0. The minimum Gasteiger partial charge on any atom is -0.439 e. The van der Waals surface area contributed by atoms with E-state index >= 15 is 0 Å². The van der Waals surface area contributed by atoms with Crippen LogP contribution in [0.25, 0.3) is 0 Å². The molecular formula is C18H23N3O3. The summed E-state index contributed by atoms with van der Waals surface area (Å²) < 4.78 is 10.9. The van der Waals surface area contributed by atoms with Crippen LogP contribution in [-0.4, -0.2) is 30.8 Å². The maximum atomic E-state index is 11.7. The molecule has 1 aromatic carbocycles. The first-order valence-electron chi connectivity index (χ1n) is 7.92. The smallest absolute Gasteiger partial charge is 0.319 e. The van der Waals surface area contributed by atoms with Gasteiger partial charge in [0.1, 0.15) is 5.75 Å². The first kappa shape index (κ1) is 17.7. The molecule has 6 heteroatoms. The van der Waals surface area contributed by atoms with E-state index in [1.54, 1.807) is 18.3 Å². The van der Waals surface area contributed by atoms with Crippen molar-refractivity contribution in [3.8, 4) is 11.6 Å². The first-order chi connectivity index (χ1) is 11.6. The molecule has 0 aliphatic heterocycles. The number of hydrogen-bond donors (Lipinski definition) is 2. The van der Waals surface area contributed by atoms with Crippen LogP contribution < -0.4 is 15.4 Å². The number of nitrogens with one attached hydrogen (secondary N) is 2. The van der Waals surface area contributed by atoms with Crippen LogP contribution in [0.3, 0.4) is 0 Å². The molecule has 2 amide bonds. The summed E-state index contributed by atoms with van der Waals surface area (Å²) in [6.07, 6.45) is 1.55. The highest BCUT2D eigenvalue weighted by Gasteiger charge is 2.04. The molecule has 0 aliphatic rings. The number of ether oxygens (including phenoxy) is 2. The molecule has 1 heterocycles. The van der Waals surface area contributed by atoms with Crippen LogP contribution >= 0.6 is 0 Å². The number of urea groups is 1. The molecule has 0 saturated heterocycles. The SMILES string of the molecule is CCOCCNC(=O)Nc1ccc(Oc2ccc(C)c(C)c2)nc1. The number of benzene rings is 1. The Balaban J connectivity index is 1.86. The third-order valence-electron chi connectivity index (χ3n) is 3.43. The number of rotatable bonds is 7.